The number of hydrogen-bond acceptors (Lipinski definition) is 5. The number of hydrogen-bond donors (Lipinski definition) is 1. The second-order valence-electron chi connectivity index (χ2n) is 3.41. The molecule has 1 N–H and O–H groups in total. The van der Waals surface area contributed by atoms with Gasteiger partial charge in [-0.15, -0.1) is 11.3 Å². The maximum atomic E-state index is 10.8. The maximum absolute atomic E-state index is 10.8. The molecule has 0 fully saturated rings. The minimum atomic E-state index is -0.897. The Morgan fingerprint density at radius 1 is 1.69 bits per heavy atom. The number of aryl methyl sites for hydroxylation is 1. The van der Waals surface area contributed by atoms with Crippen LogP contribution in [0.15, 0.2) is 4.34 Å². The fraction of sp³-hybridized carbons (Fsp3) is 0.600. The fourth-order valence-electron chi connectivity index (χ4n) is 1.14. The van der Waals surface area contributed by atoms with Crippen LogP contribution in [0.1, 0.15) is 28.7 Å². The Hall–Kier alpha value is -0.590. The lowest BCUT2D eigenvalue weighted by Gasteiger charge is -2.07. The van der Waals surface area contributed by atoms with Crippen LogP contribution < -0.4 is 0 Å². The highest BCUT2D eigenvalue weighted by Crippen LogP contribution is 2.31. The van der Waals surface area contributed by atoms with Gasteiger partial charge in [-0.1, -0.05) is 18.7 Å². The summed E-state index contributed by atoms with van der Waals surface area (Å²) in [5.41, 5.74) is 0.596. The van der Waals surface area contributed by atoms with Crippen molar-refractivity contribution in [3.8, 4) is 0 Å². The van der Waals surface area contributed by atoms with Crippen LogP contribution in [0.25, 0.3) is 0 Å². The predicted molar refractivity (Wildman–Crippen MR) is 65.6 cm³/mol. The second kappa shape index (κ2) is 6.22. The number of carboxylic acids is 1. The lowest BCUT2D eigenvalue weighted by atomic mass is 10.3. The van der Waals surface area contributed by atoms with E-state index in [1.54, 1.807) is 25.8 Å². The number of ether oxygens (including phenoxy) is 1. The average Bonchev–Trinajstić information content (AvgIpc) is 2.56. The summed E-state index contributed by atoms with van der Waals surface area (Å²) < 4.78 is 5.81. The van der Waals surface area contributed by atoms with E-state index in [-0.39, 0.29) is 0 Å². The lowest BCUT2D eigenvalue weighted by molar-refractivity contribution is 0.0701. The van der Waals surface area contributed by atoms with Crippen LogP contribution in [-0.4, -0.2) is 35.0 Å². The van der Waals surface area contributed by atoms with Crippen LogP contribution in [-0.2, 0) is 4.74 Å². The fourth-order valence-corrected chi connectivity index (χ4v) is 3.46. The first kappa shape index (κ1) is 13.5. The van der Waals surface area contributed by atoms with E-state index in [1.807, 2.05) is 0 Å². The molecule has 0 aliphatic rings. The van der Waals surface area contributed by atoms with Gasteiger partial charge in [-0.05, 0) is 13.3 Å². The van der Waals surface area contributed by atoms with E-state index in [1.165, 1.54) is 11.3 Å². The third kappa shape index (κ3) is 3.77. The molecule has 0 aliphatic heterocycles. The van der Waals surface area contributed by atoms with Gasteiger partial charge in [0.15, 0.2) is 4.34 Å². The summed E-state index contributed by atoms with van der Waals surface area (Å²) in [4.78, 5) is 15.4. The van der Waals surface area contributed by atoms with Crippen molar-refractivity contribution < 1.29 is 14.6 Å². The Balaban J connectivity index is 2.60. The molecule has 0 spiro atoms. The molecule has 1 aromatic heterocycles. The van der Waals surface area contributed by atoms with E-state index < -0.39 is 5.97 Å². The number of carboxylic acid groups (broad SMARTS) is 1. The van der Waals surface area contributed by atoms with Gasteiger partial charge >= 0.3 is 5.97 Å². The minimum Gasteiger partial charge on any atom is -0.477 e. The highest BCUT2D eigenvalue weighted by Gasteiger charge is 2.15. The molecule has 6 heteroatoms. The smallest absolute Gasteiger partial charge is 0.347 e. The maximum Gasteiger partial charge on any atom is 0.347 e. The molecule has 0 aliphatic carbocycles. The third-order valence-corrected chi connectivity index (χ3v) is 4.41. The van der Waals surface area contributed by atoms with Crippen molar-refractivity contribution in [3.05, 3.63) is 10.6 Å². The summed E-state index contributed by atoms with van der Waals surface area (Å²) >= 11 is 2.84. The Labute approximate surface area is 103 Å². The molecule has 1 aromatic rings. The molecule has 0 amide bonds. The van der Waals surface area contributed by atoms with Crippen molar-refractivity contribution >= 4 is 29.1 Å². The van der Waals surface area contributed by atoms with E-state index in [0.29, 0.717) is 22.4 Å². The molecule has 90 valence electrons. The van der Waals surface area contributed by atoms with E-state index in [4.69, 9.17) is 9.84 Å². The van der Waals surface area contributed by atoms with Gasteiger partial charge in [0.05, 0.1) is 5.69 Å². The zero-order chi connectivity index (χ0) is 12.1. The summed E-state index contributed by atoms with van der Waals surface area (Å²) in [7, 11) is 1.67. The normalized spacial score (nSPS) is 12.7. The van der Waals surface area contributed by atoms with Crippen LogP contribution in [0.2, 0.25) is 0 Å². The minimum absolute atomic E-state index is 0.335. The predicted octanol–water partition coefficient (Wildman–Crippen LogP) is 2.67. The molecule has 1 atom stereocenters. The van der Waals surface area contributed by atoms with Gasteiger partial charge in [-0.25, -0.2) is 9.78 Å². The first-order chi connectivity index (χ1) is 7.54. The Morgan fingerprint density at radius 2 is 2.38 bits per heavy atom. The molecule has 0 radical (unpaired) electrons. The summed E-state index contributed by atoms with van der Waals surface area (Å²) in [6.07, 6.45) is 0.933. The van der Waals surface area contributed by atoms with Crippen LogP contribution in [0.3, 0.4) is 0 Å². The molecule has 0 saturated carbocycles. The van der Waals surface area contributed by atoms with Crippen LogP contribution in [0.5, 0.6) is 0 Å². The quantitative estimate of drug-likeness (QED) is 0.798. The van der Waals surface area contributed by atoms with Gasteiger partial charge in [0, 0.05) is 19.0 Å². The topological polar surface area (TPSA) is 59.4 Å². The van der Waals surface area contributed by atoms with Crippen molar-refractivity contribution in [3.63, 3.8) is 0 Å². The zero-order valence-electron chi connectivity index (χ0n) is 9.52. The number of methoxy groups -OCH3 is 1. The van der Waals surface area contributed by atoms with Crippen molar-refractivity contribution in [2.45, 2.75) is 29.9 Å². The average molecular weight is 261 g/mol. The van der Waals surface area contributed by atoms with Gasteiger partial charge in [-0.2, -0.15) is 0 Å². The molecular weight excluding hydrogens is 246 g/mol. The number of aromatic nitrogens is 1. The first-order valence-corrected chi connectivity index (χ1v) is 6.60. The van der Waals surface area contributed by atoms with Gasteiger partial charge in [0.25, 0.3) is 0 Å². The summed E-state index contributed by atoms with van der Waals surface area (Å²) in [5, 5.41) is 9.28. The van der Waals surface area contributed by atoms with Gasteiger partial charge in [0.1, 0.15) is 4.88 Å². The van der Waals surface area contributed by atoms with Gasteiger partial charge in [-0.3, -0.25) is 0 Å². The Bertz CT molecular complexity index is 365. The van der Waals surface area contributed by atoms with Crippen LogP contribution >= 0.6 is 23.1 Å². The zero-order valence-corrected chi connectivity index (χ0v) is 11.2. The summed E-state index contributed by atoms with van der Waals surface area (Å²) in [5.74, 6) is -0.897. The first-order valence-electron chi connectivity index (χ1n) is 4.91. The second-order valence-corrected chi connectivity index (χ2v) is 6.09. The van der Waals surface area contributed by atoms with E-state index in [2.05, 4.69) is 11.9 Å². The number of nitrogens with zero attached hydrogens (tertiary/aromatic N) is 1. The molecule has 0 bridgehead atoms. The van der Waals surface area contributed by atoms with Crippen LogP contribution in [0.4, 0.5) is 0 Å². The number of rotatable bonds is 6. The van der Waals surface area contributed by atoms with Gasteiger partial charge < -0.3 is 9.84 Å². The highest BCUT2D eigenvalue weighted by atomic mass is 32.2. The molecule has 1 unspecified atom stereocenters. The Morgan fingerprint density at radius 3 is 2.88 bits per heavy atom. The number of aromatic carboxylic acids is 1. The largest absolute Gasteiger partial charge is 0.477 e. The molecule has 16 heavy (non-hydrogen) atoms. The molecule has 0 saturated heterocycles. The monoisotopic (exact) mass is 261 g/mol. The molecule has 4 nitrogen and oxygen atoms in total. The lowest BCUT2D eigenvalue weighted by Crippen LogP contribution is -2.00. The van der Waals surface area contributed by atoms with Crippen molar-refractivity contribution in [1.29, 1.82) is 0 Å². The van der Waals surface area contributed by atoms with E-state index in [9.17, 15) is 4.79 Å². The number of carbonyl (C=O) groups is 1. The summed E-state index contributed by atoms with van der Waals surface area (Å²) in [6, 6.07) is 0. The van der Waals surface area contributed by atoms with Crippen molar-refractivity contribution in [2.24, 2.45) is 0 Å². The highest BCUT2D eigenvalue weighted by molar-refractivity contribution is 8.01. The summed E-state index contributed by atoms with van der Waals surface area (Å²) in [6.45, 7) is 4.52. The molecule has 1 rings (SSSR count). The molecule has 0 aromatic carbocycles. The van der Waals surface area contributed by atoms with Crippen molar-refractivity contribution in [2.75, 3.05) is 13.7 Å². The van der Waals surface area contributed by atoms with E-state index in [0.717, 1.165) is 10.8 Å². The number of thioether (sulfide) groups is 1. The van der Waals surface area contributed by atoms with Crippen LogP contribution in [0, 0.1) is 6.92 Å². The number of thiazole rings is 1. The third-order valence-electron chi connectivity index (χ3n) is 2.00. The standard InChI is InChI=1S/C10H15NO3S2/c1-6(4-5-14-3)15-10-11-7(2)8(16-10)9(12)13/h6H,4-5H2,1-3H3,(H,12,13). The molecular formula is C10H15NO3S2. The SMILES string of the molecule is COCCC(C)Sc1nc(C)c(C(=O)O)s1. The van der Waals surface area contributed by atoms with Crippen molar-refractivity contribution in [1.82, 2.24) is 4.98 Å². The van der Waals surface area contributed by atoms with Gasteiger partial charge in [0.2, 0.25) is 0 Å². The van der Waals surface area contributed by atoms with E-state index >= 15 is 0 Å². The Kier molecular flexibility index (Phi) is 5.24. The molecule has 1 heterocycles.